The van der Waals surface area contributed by atoms with Gasteiger partial charge in [-0.15, -0.1) is 0 Å². The molecule has 2 heterocycles. The number of fused-ring (bicyclic) bond motifs is 1. The van der Waals surface area contributed by atoms with Crippen LogP contribution in [0, 0.1) is 13.8 Å². The Morgan fingerprint density at radius 2 is 2.10 bits per heavy atom. The smallest absolute Gasteiger partial charge is 0.349 e. The van der Waals surface area contributed by atoms with Crippen molar-refractivity contribution in [3.05, 3.63) is 46.3 Å². The molecule has 0 bridgehead atoms. The molecular formula is C14H14N4O2. The molecule has 0 saturated heterocycles. The molecule has 0 saturated carbocycles. The zero-order chi connectivity index (χ0) is 14.3. The van der Waals surface area contributed by atoms with Crippen molar-refractivity contribution in [1.29, 1.82) is 0 Å². The first-order valence-electron chi connectivity index (χ1n) is 6.21. The van der Waals surface area contributed by atoms with E-state index in [4.69, 9.17) is 4.74 Å². The van der Waals surface area contributed by atoms with E-state index in [1.54, 1.807) is 14.0 Å². The van der Waals surface area contributed by atoms with E-state index in [1.807, 2.05) is 31.2 Å². The van der Waals surface area contributed by atoms with Crippen LogP contribution in [0.5, 0.6) is 5.75 Å². The van der Waals surface area contributed by atoms with Gasteiger partial charge in [-0.1, -0.05) is 12.1 Å². The molecule has 0 amide bonds. The molecule has 0 radical (unpaired) electrons. The summed E-state index contributed by atoms with van der Waals surface area (Å²) in [5, 5.41) is 4.26. The average molecular weight is 270 g/mol. The molecule has 1 N–H and O–H groups in total. The minimum Gasteiger partial charge on any atom is -0.497 e. The topological polar surface area (TPSA) is 72.3 Å². The maximum Gasteiger partial charge on any atom is 0.349 e. The maximum atomic E-state index is 11.9. The summed E-state index contributed by atoms with van der Waals surface area (Å²) >= 11 is 0. The zero-order valence-electron chi connectivity index (χ0n) is 11.5. The number of H-pyrrole nitrogens is 1. The van der Waals surface area contributed by atoms with E-state index in [0.29, 0.717) is 11.5 Å². The van der Waals surface area contributed by atoms with Crippen molar-refractivity contribution in [1.82, 2.24) is 19.6 Å². The quantitative estimate of drug-likeness (QED) is 0.769. The molecule has 6 nitrogen and oxygen atoms in total. The molecule has 102 valence electrons. The number of aromatic amines is 1. The number of hydrogen-bond acceptors (Lipinski definition) is 4. The van der Waals surface area contributed by atoms with Crippen LogP contribution in [0.25, 0.3) is 16.8 Å². The molecule has 0 aliphatic rings. The number of rotatable bonds is 2. The highest BCUT2D eigenvalue weighted by molar-refractivity contribution is 5.80. The van der Waals surface area contributed by atoms with Crippen LogP contribution in [-0.4, -0.2) is 26.7 Å². The lowest BCUT2D eigenvalue weighted by atomic mass is 10.1. The lowest BCUT2D eigenvalue weighted by Gasteiger charge is -2.04. The molecule has 1 aromatic carbocycles. The highest BCUT2D eigenvalue weighted by atomic mass is 16.5. The highest BCUT2D eigenvalue weighted by Gasteiger charge is 2.15. The predicted molar refractivity (Wildman–Crippen MR) is 75.1 cm³/mol. The van der Waals surface area contributed by atoms with E-state index < -0.39 is 0 Å². The minimum atomic E-state index is -0.287. The molecule has 0 aliphatic heterocycles. The van der Waals surface area contributed by atoms with Gasteiger partial charge in [-0.05, 0) is 31.5 Å². The average Bonchev–Trinajstić information content (AvgIpc) is 2.75. The van der Waals surface area contributed by atoms with Crippen molar-refractivity contribution < 1.29 is 4.74 Å². The molecule has 20 heavy (non-hydrogen) atoms. The highest BCUT2D eigenvalue weighted by Crippen LogP contribution is 2.28. The van der Waals surface area contributed by atoms with Crippen LogP contribution in [0.1, 0.15) is 11.5 Å². The molecule has 0 unspecified atom stereocenters. The number of aryl methyl sites for hydroxylation is 2. The molecule has 2 aromatic heterocycles. The lowest BCUT2D eigenvalue weighted by Crippen LogP contribution is -2.19. The zero-order valence-corrected chi connectivity index (χ0v) is 11.5. The second-order valence-corrected chi connectivity index (χ2v) is 4.56. The van der Waals surface area contributed by atoms with Crippen molar-refractivity contribution in [2.75, 3.05) is 7.11 Å². The van der Waals surface area contributed by atoms with E-state index in [1.165, 1.54) is 4.52 Å². The van der Waals surface area contributed by atoms with Crippen LogP contribution >= 0.6 is 0 Å². The van der Waals surface area contributed by atoms with Gasteiger partial charge in [0.1, 0.15) is 11.6 Å². The number of aromatic nitrogens is 4. The summed E-state index contributed by atoms with van der Waals surface area (Å²) in [4.78, 5) is 18.9. The van der Waals surface area contributed by atoms with Gasteiger partial charge in [0.2, 0.25) is 0 Å². The van der Waals surface area contributed by atoms with Gasteiger partial charge < -0.3 is 4.74 Å². The lowest BCUT2D eigenvalue weighted by molar-refractivity contribution is 0.415. The Labute approximate surface area is 115 Å². The first kappa shape index (κ1) is 12.4. The fraction of sp³-hybridized carbons (Fsp3) is 0.214. The summed E-state index contributed by atoms with van der Waals surface area (Å²) in [5.74, 6) is 1.31. The van der Waals surface area contributed by atoms with Crippen LogP contribution in [0.3, 0.4) is 0 Å². The van der Waals surface area contributed by atoms with Crippen molar-refractivity contribution in [2.24, 2.45) is 0 Å². The van der Waals surface area contributed by atoms with Gasteiger partial charge in [0.15, 0.2) is 5.65 Å². The summed E-state index contributed by atoms with van der Waals surface area (Å²) in [6, 6.07) is 7.63. The molecule has 0 aliphatic carbocycles. The first-order valence-corrected chi connectivity index (χ1v) is 6.21. The summed E-state index contributed by atoms with van der Waals surface area (Å²) in [7, 11) is 1.62. The van der Waals surface area contributed by atoms with Gasteiger partial charge in [-0.2, -0.15) is 9.61 Å². The molecule has 6 heteroatoms. The maximum absolute atomic E-state index is 11.9. The third-order valence-electron chi connectivity index (χ3n) is 3.15. The molecule has 3 rings (SSSR count). The summed E-state index contributed by atoms with van der Waals surface area (Å²) < 4.78 is 6.53. The molecule has 3 aromatic rings. The molecule has 0 atom stereocenters. The van der Waals surface area contributed by atoms with Crippen molar-refractivity contribution >= 4 is 5.65 Å². The van der Waals surface area contributed by atoms with Crippen molar-refractivity contribution in [3.63, 3.8) is 0 Å². The molecular weight excluding hydrogens is 256 g/mol. The number of hydrogen-bond donors (Lipinski definition) is 1. The summed E-state index contributed by atoms with van der Waals surface area (Å²) in [6.07, 6.45) is 0. The Kier molecular flexibility index (Phi) is 2.78. The van der Waals surface area contributed by atoms with Crippen molar-refractivity contribution in [2.45, 2.75) is 13.8 Å². The van der Waals surface area contributed by atoms with Gasteiger partial charge in [0.05, 0.1) is 12.8 Å². The number of ether oxygens (including phenoxy) is 1. The fourth-order valence-corrected chi connectivity index (χ4v) is 2.27. The van der Waals surface area contributed by atoms with E-state index in [9.17, 15) is 4.79 Å². The summed E-state index contributed by atoms with van der Waals surface area (Å²) in [5.41, 5.74) is 2.79. The van der Waals surface area contributed by atoms with E-state index in [2.05, 4.69) is 15.1 Å². The van der Waals surface area contributed by atoms with Gasteiger partial charge in [0.25, 0.3) is 0 Å². The Balaban J connectivity index is 2.35. The van der Waals surface area contributed by atoms with Crippen LogP contribution < -0.4 is 10.4 Å². The number of nitrogens with one attached hydrogen (secondary N) is 1. The van der Waals surface area contributed by atoms with Gasteiger partial charge >= 0.3 is 5.69 Å². The normalized spacial score (nSPS) is 10.9. The van der Waals surface area contributed by atoms with Crippen LogP contribution in [-0.2, 0) is 0 Å². The Morgan fingerprint density at radius 3 is 2.85 bits per heavy atom. The minimum absolute atomic E-state index is 0.287. The second-order valence-electron chi connectivity index (χ2n) is 4.56. The second kappa shape index (κ2) is 4.48. The summed E-state index contributed by atoms with van der Waals surface area (Å²) in [6.45, 7) is 3.61. The first-order chi connectivity index (χ1) is 9.60. The Bertz CT molecular complexity index is 848. The monoisotopic (exact) mass is 270 g/mol. The SMILES string of the molecule is COc1cccc(-c2c(C)nn3c(=O)[nH]c(C)nc23)c1. The third kappa shape index (κ3) is 1.85. The van der Waals surface area contributed by atoms with Gasteiger partial charge in [0, 0.05) is 5.56 Å². The van der Waals surface area contributed by atoms with Crippen LogP contribution in [0.15, 0.2) is 29.1 Å². The fourth-order valence-electron chi connectivity index (χ4n) is 2.27. The van der Waals surface area contributed by atoms with Crippen LogP contribution in [0.4, 0.5) is 0 Å². The van der Waals surface area contributed by atoms with Crippen molar-refractivity contribution in [3.8, 4) is 16.9 Å². The Hall–Kier alpha value is -2.63. The predicted octanol–water partition coefficient (Wildman–Crippen LogP) is 1.71. The number of methoxy groups -OCH3 is 1. The van der Waals surface area contributed by atoms with Gasteiger partial charge in [-0.25, -0.2) is 9.78 Å². The van der Waals surface area contributed by atoms with E-state index in [-0.39, 0.29) is 5.69 Å². The largest absolute Gasteiger partial charge is 0.497 e. The Morgan fingerprint density at radius 1 is 1.30 bits per heavy atom. The molecule has 0 fully saturated rings. The number of nitrogens with zero attached hydrogens (tertiary/aromatic N) is 3. The van der Waals surface area contributed by atoms with E-state index in [0.717, 1.165) is 22.6 Å². The standard InChI is InChI=1S/C14H14N4O2/c1-8-12(10-5-4-6-11(7-10)20-3)13-15-9(2)16-14(19)18(13)17-8/h4-7H,1-3H3,(H,15,16,19). The molecule has 0 spiro atoms. The third-order valence-corrected chi connectivity index (χ3v) is 3.15. The van der Waals surface area contributed by atoms with Crippen LogP contribution in [0.2, 0.25) is 0 Å². The number of benzene rings is 1. The van der Waals surface area contributed by atoms with Gasteiger partial charge in [-0.3, -0.25) is 4.98 Å². The van der Waals surface area contributed by atoms with E-state index >= 15 is 0 Å².